The number of nitrogens with one attached hydrogen (secondary N) is 1. The zero-order valence-corrected chi connectivity index (χ0v) is 12.7. The van der Waals surface area contributed by atoms with E-state index in [1.54, 1.807) is 10.9 Å². The number of pyridine rings is 1. The molecule has 0 saturated heterocycles. The Kier molecular flexibility index (Phi) is 10.6. The summed E-state index contributed by atoms with van der Waals surface area (Å²) in [7, 11) is 0. The molecule has 0 spiro atoms. The minimum absolute atomic E-state index is 0. The molecule has 2 rings (SSSR count). The number of carbonyl (C=O) groups is 1. The molecule has 4 nitrogen and oxygen atoms in total. The molecule has 0 radical (unpaired) electrons. The highest BCUT2D eigenvalue weighted by Gasteiger charge is 2.08. The van der Waals surface area contributed by atoms with Gasteiger partial charge in [0, 0.05) is 11.6 Å². The number of hydrogen-bond acceptors (Lipinski definition) is 4. The minimum atomic E-state index is -0.430. The zero-order chi connectivity index (χ0) is 11.4. The smallest absolute Gasteiger partial charge is 0.271 e. The van der Waals surface area contributed by atoms with Crippen molar-refractivity contribution in [3.05, 3.63) is 46.4 Å². The molecule has 0 bridgehead atoms. The van der Waals surface area contributed by atoms with Gasteiger partial charge in [0.1, 0.15) is 11.5 Å². The van der Waals surface area contributed by atoms with Crippen molar-refractivity contribution in [1.29, 1.82) is 0 Å². The number of carbonyl (C=O) groups excluding carboxylic acids is 1. The molecule has 0 aliphatic carbocycles. The average Bonchev–Trinajstić information content (AvgIpc) is 2.81. The second kappa shape index (κ2) is 9.91. The van der Waals surface area contributed by atoms with E-state index in [-0.39, 0.29) is 55.4 Å². The number of rotatable bonds is 3. The molecule has 106 valence electrons. The highest BCUT2D eigenvalue weighted by atomic mass is 35.5. The molecule has 9 heteroatoms. The molecule has 0 unspecified atom stereocenters. The molecule has 1 amide bonds. The quantitative estimate of drug-likeness (QED) is 0.930. The van der Waals surface area contributed by atoms with Crippen molar-refractivity contribution in [2.45, 2.75) is 6.54 Å². The molecule has 1 N–H and O–H groups in total. The van der Waals surface area contributed by atoms with E-state index < -0.39 is 5.82 Å². The monoisotopic (exact) mass is 345 g/mol. The fraction of sp³-hybridized carbons (Fsp3) is 0.100. The lowest BCUT2D eigenvalue weighted by molar-refractivity contribution is 0.0946. The van der Waals surface area contributed by atoms with E-state index in [4.69, 9.17) is 0 Å². The van der Waals surface area contributed by atoms with E-state index in [0.29, 0.717) is 5.69 Å². The molecule has 0 aliphatic heterocycles. The van der Waals surface area contributed by atoms with Crippen LogP contribution in [0.25, 0.3) is 0 Å². The summed E-state index contributed by atoms with van der Waals surface area (Å²) in [5.41, 5.74) is 2.11. The Hall–Kier alpha value is -0.950. The Morgan fingerprint density at radius 3 is 2.63 bits per heavy atom. The Labute approximate surface area is 132 Å². The first kappa shape index (κ1) is 20.4. The van der Waals surface area contributed by atoms with Crippen LogP contribution < -0.4 is 5.32 Å². The topological polar surface area (TPSA) is 54.9 Å². The average molecular weight is 347 g/mol. The second-order valence-electron chi connectivity index (χ2n) is 2.99. The maximum absolute atomic E-state index is 13.2. The van der Waals surface area contributed by atoms with E-state index in [2.05, 4.69) is 15.3 Å². The fourth-order valence-electron chi connectivity index (χ4n) is 1.13. The van der Waals surface area contributed by atoms with Gasteiger partial charge in [0.25, 0.3) is 5.91 Å². The molecule has 0 saturated carbocycles. The molecule has 2 aromatic heterocycles. The van der Waals surface area contributed by atoms with Crippen LogP contribution in [0.1, 0.15) is 16.2 Å². The lowest BCUT2D eigenvalue weighted by Crippen LogP contribution is -2.24. The third-order valence-electron chi connectivity index (χ3n) is 1.92. The summed E-state index contributed by atoms with van der Waals surface area (Å²) in [6, 6.07) is 2.80. The first-order valence-corrected chi connectivity index (χ1v) is 5.47. The SMILES string of the molecule is Cl.Cl.Cl.O=C(NCc1ncccc1F)c1cscn1. The Bertz CT molecular complexity index is 499. The number of halogens is 4. The number of aromatic nitrogens is 2. The van der Waals surface area contributed by atoms with Gasteiger partial charge in [-0.05, 0) is 12.1 Å². The van der Waals surface area contributed by atoms with Gasteiger partial charge >= 0.3 is 0 Å². The third kappa shape index (κ3) is 5.69. The number of amides is 1. The molecule has 2 aromatic rings. The zero-order valence-electron chi connectivity index (χ0n) is 9.41. The molecule has 19 heavy (non-hydrogen) atoms. The van der Waals surface area contributed by atoms with Crippen LogP contribution in [0.5, 0.6) is 0 Å². The van der Waals surface area contributed by atoms with Crippen LogP contribution in [0.15, 0.2) is 29.2 Å². The van der Waals surface area contributed by atoms with Crippen LogP contribution in [0.2, 0.25) is 0 Å². The van der Waals surface area contributed by atoms with E-state index in [9.17, 15) is 9.18 Å². The molecule has 0 atom stereocenters. The maximum atomic E-state index is 13.2. The van der Waals surface area contributed by atoms with Crippen LogP contribution >= 0.6 is 48.6 Å². The predicted molar refractivity (Wildman–Crippen MR) is 79.2 cm³/mol. The summed E-state index contributed by atoms with van der Waals surface area (Å²) in [5.74, 6) is -0.757. The summed E-state index contributed by atoms with van der Waals surface area (Å²) in [5, 5.41) is 4.17. The van der Waals surface area contributed by atoms with Crippen molar-refractivity contribution >= 4 is 54.5 Å². The fourth-order valence-corrected chi connectivity index (χ4v) is 1.66. The molecule has 0 fully saturated rings. The number of hydrogen-bond donors (Lipinski definition) is 1. The first-order chi connectivity index (χ1) is 7.77. The summed E-state index contributed by atoms with van der Waals surface area (Å²) in [6.07, 6.45) is 1.48. The van der Waals surface area contributed by atoms with Crippen molar-refractivity contribution in [2.24, 2.45) is 0 Å². The van der Waals surface area contributed by atoms with Gasteiger partial charge in [0.15, 0.2) is 0 Å². The molecule has 2 heterocycles. The van der Waals surface area contributed by atoms with Crippen molar-refractivity contribution in [2.75, 3.05) is 0 Å². The van der Waals surface area contributed by atoms with Gasteiger partial charge in [0.05, 0.1) is 17.7 Å². The normalized spacial score (nSPS) is 8.47. The van der Waals surface area contributed by atoms with E-state index in [0.717, 1.165) is 0 Å². The maximum Gasteiger partial charge on any atom is 0.271 e. The van der Waals surface area contributed by atoms with Crippen molar-refractivity contribution in [3.8, 4) is 0 Å². The van der Waals surface area contributed by atoms with Gasteiger partial charge in [-0.1, -0.05) is 0 Å². The molecule has 0 aromatic carbocycles. The van der Waals surface area contributed by atoms with Crippen molar-refractivity contribution in [1.82, 2.24) is 15.3 Å². The first-order valence-electron chi connectivity index (χ1n) is 4.53. The Morgan fingerprint density at radius 2 is 2.05 bits per heavy atom. The van der Waals surface area contributed by atoms with E-state index in [1.165, 1.54) is 29.7 Å². The van der Waals surface area contributed by atoms with Crippen molar-refractivity contribution in [3.63, 3.8) is 0 Å². The highest BCUT2D eigenvalue weighted by molar-refractivity contribution is 7.07. The highest BCUT2D eigenvalue weighted by Crippen LogP contribution is 2.04. The van der Waals surface area contributed by atoms with Crippen LogP contribution in [0.3, 0.4) is 0 Å². The van der Waals surface area contributed by atoms with Gasteiger partial charge in [-0.15, -0.1) is 48.6 Å². The van der Waals surface area contributed by atoms with Gasteiger partial charge in [-0.2, -0.15) is 0 Å². The summed E-state index contributed by atoms with van der Waals surface area (Å²) >= 11 is 1.33. The predicted octanol–water partition coefficient (Wildman–Crippen LogP) is 2.87. The van der Waals surface area contributed by atoms with Gasteiger partial charge in [0.2, 0.25) is 0 Å². The number of thiazole rings is 1. The third-order valence-corrected chi connectivity index (χ3v) is 2.50. The van der Waals surface area contributed by atoms with Crippen molar-refractivity contribution < 1.29 is 9.18 Å². The lowest BCUT2D eigenvalue weighted by Gasteiger charge is -2.03. The summed E-state index contributed by atoms with van der Waals surface area (Å²) < 4.78 is 13.2. The van der Waals surface area contributed by atoms with Gasteiger partial charge < -0.3 is 5.32 Å². The molecular formula is C10H11Cl3FN3OS. The van der Waals surface area contributed by atoms with Crippen LogP contribution in [-0.2, 0) is 6.54 Å². The lowest BCUT2D eigenvalue weighted by atomic mass is 10.3. The molecule has 0 aliphatic rings. The van der Waals surface area contributed by atoms with E-state index in [1.807, 2.05) is 0 Å². The van der Waals surface area contributed by atoms with E-state index >= 15 is 0 Å². The Balaban J connectivity index is 0. The van der Waals surface area contributed by atoms with Crippen LogP contribution in [0.4, 0.5) is 4.39 Å². The van der Waals surface area contributed by atoms with Gasteiger partial charge in [-0.25, -0.2) is 9.37 Å². The van der Waals surface area contributed by atoms with Crippen LogP contribution in [-0.4, -0.2) is 15.9 Å². The van der Waals surface area contributed by atoms with Gasteiger partial charge in [-0.3, -0.25) is 9.78 Å². The number of nitrogens with zero attached hydrogens (tertiary/aromatic N) is 2. The summed E-state index contributed by atoms with van der Waals surface area (Å²) in [6.45, 7) is 0.0586. The standard InChI is InChI=1S/C10H8FN3OS.3ClH/c11-7-2-1-3-12-8(7)4-13-10(15)9-5-16-6-14-9;;;/h1-3,5-6H,4H2,(H,13,15);3*1H. The summed E-state index contributed by atoms with van der Waals surface area (Å²) in [4.78, 5) is 19.1. The largest absolute Gasteiger partial charge is 0.345 e. The van der Waals surface area contributed by atoms with Crippen LogP contribution in [0, 0.1) is 5.82 Å². The Morgan fingerprint density at radius 1 is 1.32 bits per heavy atom. The molecular weight excluding hydrogens is 336 g/mol. The minimum Gasteiger partial charge on any atom is -0.345 e. The second-order valence-corrected chi connectivity index (χ2v) is 3.71.